The van der Waals surface area contributed by atoms with Gasteiger partial charge in [0.25, 0.3) is 5.91 Å². The highest BCUT2D eigenvalue weighted by molar-refractivity contribution is 5.95. The van der Waals surface area contributed by atoms with E-state index in [1.54, 1.807) is 9.80 Å². The number of amides is 4. The molecule has 2 atom stereocenters. The molecule has 10 nitrogen and oxygen atoms in total. The number of nitrogens with zero attached hydrogens (tertiary/aromatic N) is 4. The Hall–Kier alpha value is -3.04. The van der Waals surface area contributed by atoms with E-state index >= 15 is 0 Å². The Morgan fingerprint density at radius 2 is 1.84 bits per heavy atom. The van der Waals surface area contributed by atoms with Crippen molar-refractivity contribution in [3.8, 4) is 0 Å². The molecule has 2 N–H and O–H groups in total. The minimum absolute atomic E-state index is 0.0236. The average Bonchev–Trinajstić information content (AvgIpc) is 2.85. The Labute approximate surface area is 187 Å². The van der Waals surface area contributed by atoms with Crippen molar-refractivity contribution in [2.24, 2.45) is 5.92 Å². The van der Waals surface area contributed by atoms with Gasteiger partial charge >= 0.3 is 0 Å². The van der Waals surface area contributed by atoms with Gasteiger partial charge in [-0.2, -0.15) is 0 Å². The number of hydrogen-bond acceptors (Lipinski definition) is 6. The maximum absolute atomic E-state index is 13.3. The fourth-order valence-electron chi connectivity index (χ4n) is 4.79. The van der Waals surface area contributed by atoms with Gasteiger partial charge in [-0.3, -0.25) is 24.2 Å². The summed E-state index contributed by atoms with van der Waals surface area (Å²) >= 11 is 0. The molecule has 1 aromatic rings. The fourth-order valence-corrected chi connectivity index (χ4v) is 4.79. The molecule has 3 heterocycles. The summed E-state index contributed by atoms with van der Waals surface area (Å²) in [5.74, 6) is -1.04. The van der Waals surface area contributed by atoms with Crippen molar-refractivity contribution in [1.29, 1.82) is 0 Å². The van der Waals surface area contributed by atoms with Crippen LogP contribution < -0.4 is 10.6 Å². The summed E-state index contributed by atoms with van der Waals surface area (Å²) in [6.45, 7) is 1.26. The van der Waals surface area contributed by atoms with Crippen molar-refractivity contribution in [3.05, 3.63) is 24.3 Å². The molecule has 4 amide bonds. The first kappa shape index (κ1) is 22.2. The van der Waals surface area contributed by atoms with Gasteiger partial charge in [0.05, 0.1) is 12.7 Å². The van der Waals surface area contributed by atoms with Gasteiger partial charge in [-0.1, -0.05) is 19.3 Å². The number of piperidine rings is 1. The first-order chi connectivity index (χ1) is 15.5. The standard InChI is InChI=1S/C22H30N6O4/c29-19-16(7-4-8-25-19)26-20(30)18-14-27(22(32)17-13-23-9-10-24-17)11-12-28(18)21(31)15-5-2-1-3-6-15/h9-10,13,15-16,18H,1-8,11-12,14H2,(H,25,29)(H,26,30). The number of carbonyl (C=O) groups excluding carboxylic acids is 4. The van der Waals surface area contributed by atoms with E-state index in [4.69, 9.17) is 0 Å². The zero-order chi connectivity index (χ0) is 22.5. The van der Waals surface area contributed by atoms with E-state index in [1.807, 2.05) is 0 Å². The number of hydrogen-bond donors (Lipinski definition) is 2. The fraction of sp³-hybridized carbons (Fsp3) is 0.636. The quantitative estimate of drug-likeness (QED) is 0.682. The van der Waals surface area contributed by atoms with E-state index in [2.05, 4.69) is 20.6 Å². The summed E-state index contributed by atoms with van der Waals surface area (Å²) in [6, 6.07) is -1.46. The third-order valence-corrected chi connectivity index (χ3v) is 6.59. The molecule has 32 heavy (non-hydrogen) atoms. The summed E-state index contributed by atoms with van der Waals surface area (Å²) in [5, 5.41) is 5.58. The molecule has 2 aliphatic heterocycles. The largest absolute Gasteiger partial charge is 0.354 e. The molecule has 1 saturated carbocycles. The van der Waals surface area contributed by atoms with Crippen LogP contribution in [0.15, 0.2) is 18.6 Å². The van der Waals surface area contributed by atoms with Crippen LogP contribution in [0.5, 0.6) is 0 Å². The SMILES string of the molecule is O=C1NCCCC1NC(=O)C1CN(C(=O)c2cnccn2)CCN1C(=O)C1CCCCC1. The van der Waals surface area contributed by atoms with Gasteiger partial charge in [-0.15, -0.1) is 0 Å². The Balaban J connectivity index is 1.51. The van der Waals surface area contributed by atoms with Crippen LogP contribution in [-0.4, -0.2) is 81.7 Å². The van der Waals surface area contributed by atoms with E-state index in [1.165, 1.54) is 18.6 Å². The highest BCUT2D eigenvalue weighted by atomic mass is 16.2. The molecule has 0 bridgehead atoms. The molecule has 1 aromatic heterocycles. The van der Waals surface area contributed by atoms with Gasteiger partial charge < -0.3 is 20.4 Å². The lowest BCUT2D eigenvalue weighted by Gasteiger charge is -2.42. The third-order valence-electron chi connectivity index (χ3n) is 6.59. The van der Waals surface area contributed by atoms with Crippen molar-refractivity contribution < 1.29 is 19.2 Å². The van der Waals surface area contributed by atoms with Crippen molar-refractivity contribution in [2.75, 3.05) is 26.2 Å². The molecule has 2 unspecified atom stereocenters. The maximum Gasteiger partial charge on any atom is 0.274 e. The van der Waals surface area contributed by atoms with Crippen molar-refractivity contribution >= 4 is 23.6 Å². The smallest absolute Gasteiger partial charge is 0.274 e. The number of piperazine rings is 1. The van der Waals surface area contributed by atoms with Crippen LogP contribution in [0.4, 0.5) is 0 Å². The Bertz CT molecular complexity index is 857. The van der Waals surface area contributed by atoms with Gasteiger partial charge in [0.1, 0.15) is 17.8 Å². The van der Waals surface area contributed by atoms with Gasteiger partial charge in [0.2, 0.25) is 17.7 Å². The Morgan fingerprint density at radius 1 is 1.03 bits per heavy atom. The van der Waals surface area contributed by atoms with Crippen LogP contribution in [0.25, 0.3) is 0 Å². The summed E-state index contributed by atoms with van der Waals surface area (Å²) in [4.78, 5) is 62.8. The molecule has 10 heteroatoms. The molecule has 172 valence electrons. The zero-order valence-corrected chi connectivity index (χ0v) is 18.2. The summed E-state index contributed by atoms with van der Waals surface area (Å²) in [7, 11) is 0. The molecule has 0 radical (unpaired) electrons. The molecule has 3 aliphatic rings. The number of carbonyl (C=O) groups is 4. The van der Waals surface area contributed by atoms with Crippen LogP contribution >= 0.6 is 0 Å². The number of aromatic nitrogens is 2. The Kier molecular flexibility index (Phi) is 6.96. The molecule has 4 rings (SSSR count). The van der Waals surface area contributed by atoms with Crippen LogP contribution in [0.2, 0.25) is 0 Å². The average molecular weight is 443 g/mol. The lowest BCUT2D eigenvalue weighted by Crippen LogP contribution is -2.64. The molecule has 3 fully saturated rings. The van der Waals surface area contributed by atoms with Gasteiger partial charge in [0.15, 0.2) is 0 Å². The minimum atomic E-state index is -0.839. The second kappa shape index (κ2) is 10.1. The number of rotatable bonds is 4. The van der Waals surface area contributed by atoms with Crippen LogP contribution in [0.3, 0.4) is 0 Å². The second-order valence-electron chi connectivity index (χ2n) is 8.72. The maximum atomic E-state index is 13.3. The van der Waals surface area contributed by atoms with Crippen molar-refractivity contribution in [1.82, 2.24) is 30.4 Å². The van der Waals surface area contributed by atoms with Crippen LogP contribution in [0.1, 0.15) is 55.4 Å². The first-order valence-corrected chi connectivity index (χ1v) is 11.5. The normalized spacial score (nSPS) is 24.6. The molecule has 2 saturated heterocycles. The lowest BCUT2D eigenvalue weighted by atomic mass is 9.87. The summed E-state index contributed by atoms with van der Waals surface area (Å²) in [6.07, 6.45) is 10.5. The van der Waals surface area contributed by atoms with Crippen molar-refractivity contribution in [3.63, 3.8) is 0 Å². The third kappa shape index (κ3) is 4.89. The molecular weight excluding hydrogens is 412 g/mol. The minimum Gasteiger partial charge on any atom is -0.354 e. The second-order valence-corrected chi connectivity index (χ2v) is 8.72. The predicted molar refractivity (Wildman–Crippen MR) is 114 cm³/mol. The van der Waals surface area contributed by atoms with E-state index in [9.17, 15) is 19.2 Å². The van der Waals surface area contributed by atoms with Crippen molar-refractivity contribution in [2.45, 2.75) is 57.0 Å². The van der Waals surface area contributed by atoms with Crippen LogP contribution in [0, 0.1) is 5.92 Å². The highest BCUT2D eigenvalue weighted by Gasteiger charge is 2.41. The van der Waals surface area contributed by atoms with E-state index in [0.29, 0.717) is 19.5 Å². The van der Waals surface area contributed by atoms with Gasteiger partial charge in [0, 0.05) is 37.9 Å². The summed E-state index contributed by atoms with van der Waals surface area (Å²) in [5.41, 5.74) is 0.199. The molecule has 0 aromatic carbocycles. The lowest BCUT2D eigenvalue weighted by molar-refractivity contribution is -0.148. The van der Waals surface area contributed by atoms with Gasteiger partial charge in [-0.25, -0.2) is 4.98 Å². The van der Waals surface area contributed by atoms with Crippen LogP contribution in [-0.2, 0) is 14.4 Å². The number of nitrogens with one attached hydrogen (secondary N) is 2. The Morgan fingerprint density at radius 3 is 2.56 bits per heavy atom. The highest BCUT2D eigenvalue weighted by Crippen LogP contribution is 2.27. The molecule has 1 aliphatic carbocycles. The molecule has 0 spiro atoms. The van der Waals surface area contributed by atoms with E-state index in [-0.39, 0.29) is 42.4 Å². The topological polar surface area (TPSA) is 125 Å². The first-order valence-electron chi connectivity index (χ1n) is 11.5. The van der Waals surface area contributed by atoms with E-state index in [0.717, 1.165) is 38.5 Å². The molecular formula is C22H30N6O4. The summed E-state index contributed by atoms with van der Waals surface area (Å²) < 4.78 is 0. The predicted octanol–water partition coefficient (Wildman–Crippen LogP) is 0.105. The van der Waals surface area contributed by atoms with E-state index < -0.39 is 18.0 Å². The zero-order valence-electron chi connectivity index (χ0n) is 18.2. The van der Waals surface area contributed by atoms with Gasteiger partial charge in [-0.05, 0) is 25.7 Å². The monoisotopic (exact) mass is 442 g/mol.